The van der Waals surface area contributed by atoms with Gasteiger partial charge in [-0.2, -0.15) is 0 Å². The highest BCUT2D eigenvalue weighted by Crippen LogP contribution is 2.47. The first-order valence-corrected chi connectivity index (χ1v) is 22.6. The molecule has 4 nitrogen and oxygen atoms in total. The van der Waals surface area contributed by atoms with Crippen molar-refractivity contribution in [2.75, 3.05) is 0 Å². The maximum absolute atomic E-state index is 12.4. The standard InChI is InChI=1S/C60H65N3O/c1-37(2)43-33-49(38(3)4)56(64)51(34-43)57-62-55-48(44-30-45(32-47(31-44)58(6,7)8)52-35-42(28-29-61-52)40-24-22-39(5)23-25-40)20-17-21-54(55)63(57)53-27-26-46(60(12,13)59(9,10)11)36-50(53)41-18-15-14-16-19-41/h14-38,64H,1-13H3/i37D,38D. The summed E-state index contributed by atoms with van der Waals surface area (Å²) in [6.07, 6.45) is 1.89. The normalized spacial score (nSPS) is 13.3. The van der Waals surface area contributed by atoms with Crippen LogP contribution in [-0.4, -0.2) is 19.6 Å². The Morgan fingerprint density at radius 3 is 1.94 bits per heavy atom. The molecule has 0 saturated carbocycles. The van der Waals surface area contributed by atoms with Gasteiger partial charge in [0.05, 0.1) is 28.0 Å². The number of hydrogen-bond acceptors (Lipinski definition) is 3. The summed E-state index contributed by atoms with van der Waals surface area (Å²) in [5.74, 6) is -1.66. The summed E-state index contributed by atoms with van der Waals surface area (Å²) >= 11 is 0. The number of phenols is 1. The van der Waals surface area contributed by atoms with Crippen molar-refractivity contribution >= 4 is 11.0 Å². The zero-order chi connectivity index (χ0) is 47.7. The Bertz CT molecular complexity index is 3100. The number of rotatable bonds is 9. The van der Waals surface area contributed by atoms with Crippen molar-refractivity contribution in [2.24, 2.45) is 5.41 Å². The van der Waals surface area contributed by atoms with Gasteiger partial charge in [0.15, 0.2) is 0 Å². The second kappa shape index (κ2) is 16.7. The third kappa shape index (κ3) is 8.31. The van der Waals surface area contributed by atoms with Crippen molar-refractivity contribution in [1.82, 2.24) is 14.5 Å². The van der Waals surface area contributed by atoms with Crippen molar-refractivity contribution in [1.29, 1.82) is 0 Å². The fraction of sp³-hybridized carbons (Fsp3) is 0.300. The van der Waals surface area contributed by atoms with Crippen molar-refractivity contribution in [3.8, 4) is 67.5 Å². The maximum atomic E-state index is 12.4. The number of aromatic nitrogens is 3. The predicted molar refractivity (Wildman–Crippen MR) is 272 cm³/mol. The lowest BCUT2D eigenvalue weighted by molar-refractivity contribution is 0.225. The van der Waals surface area contributed by atoms with Crippen LogP contribution in [0.1, 0.15) is 125 Å². The Kier molecular flexibility index (Phi) is 10.9. The lowest BCUT2D eigenvalue weighted by atomic mass is 9.65. The van der Waals surface area contributed by atoms with Crippen LogP contribution in [0.3, 0.4) is 0 Å². The Morgan fingerprint density at radius 1 is 0.578 bits per heavy atom. The van der Waals surface area contributed by atoms with Crippen molar-refractivity contribution in [3.63, 3.8) is 0 Å². The monoisotopic (exact) mass is 846 g/mol. The highest BCUT2D eigenvalue weighted by Gasteiger charge is 2.35. The quantitative estimate of drug-likeness (QED) is 0.157. The number of phenolic OH excluding ortho intramolecular Hbond substituents is 1. The summed E-state index contributed by atoms with van der Waals surface area (Å²) in [7, 11) is 0. The molecule has 4 heteroatoms. The van der Waals surface area contributed by atoms with E-state index in [2.05, 4.69) is 182 Å². The van der Waals surface area contributed by atoms with Crippen molar-refractivity contribution in [3.05, 3.63) is 167 Å². The van der Waals surface area contributed by atoms with E-state index in [4.69, 9.17) is 9.97 Å². The Labute approximate surface area is 384 Å². The van der Waals surface area contributed by atoms with Gasteiger partial charge in [0, 0.05) is 25.6 Å². The molecule has 0 aliphatic heterocycles. The Balaban J connectivity index is 1.47. The first-order chi connectivity index (χ1) is 30.8. The van der Waals surface area contributed by atoms with Crippen LogP contribution >= 0.6 is 0 Å². The number of fused-ring (bicyclic) bond motifs is 1. The third-order valence-corrected chi connectivity index (χ3v) is 13.6. The zero-order valence-corrected chi connectivity index (χ0v) is 40.1. The molecule has 0 radical (unpaired) electrons. The maximum Gasteiger partial charge on any atom is 0.149 e. The largest absolute Gasteiger partial charge is 0.507 e. The highest BCUT2D eigenvalue weighted by atomic mass is 16.3. The molecule has 0 aliphatic carbocycles. The van der Waals surface area contributed by atoms with E-state index in [0.29, 0.717) is 22.5 Å². The molecular weight excluding hydrogens is 779 g/mol. The molecule has 2 aromatic heterocycles. The number of pyridine rings is 1. The average Bonchev–Trinajstić information content (AvgIpc) is 3.64. The molecule has 8 rings (SSSR count). The predicted octanol–water partition coefficient (Wildman–Crippen LogP) is 16.6. The molecule has 0 bridgehead atoms. The van der Waals surface area contributed by atoms with E-state index in [1.54, 1.807) is 13.8 Å². The summed E-state index contributed by atoms with van der Waals surface area (Å²) < 4.78 is 20.6. The van der Waals surface area contributed by atoms with Crippen LogP contribution in [-0.2, 0) is 10.8 Å². The lowest BCUT2D eigenvalue weighted by Gasteiger charge is -2.40. The summed E-state index contributed by atoms with van der Waals surface area (Å²) in [5.41, 5.74) is 15.6. The lowest BCUT2D eigenvalue weighted by Crippen LogP contribution is -2.34. The van der Waals surface area contributed by atoms with E-state index in [1.165, 1.54) is 16.7 Å². The summed E-state index contributed by atoms with van der Waals surface area (Å²) in [5, 5.41) is 12.4. The highest BCUT2D eigenvalue weighted by molar-refractivity contribution is 5.98. The Hall–Kier alpha value is -6.26. The van der Waals surface area contributed by atoms with Gasteiger partial charge in [0.2, 0.25) is 0 Å². The Morgan fingerprint density at radius 2 is 1.28 bits per heavy atom. The molecule has 0 amide bonds. The van der Waals surface area contributed by atoms with Crippen molar-refractivity contribution < 1.29 is 7.85 Å². The fourth-order valence-electron chi connectivity index (χ4n) is 8.51. The molecule has 0 atom stereocenters. The number of benzene rings is 6. The molecule has 2 heterocycles. The SMILES string of the molecule is [2H]C(C)(C)c1cc(-c2nc3c(-c4cc(-c5cc(-c6ccc(C)cc6)ccn5)cc(C(C)(C)C)c4)cccc3n2-c2ccc(C(C)(C)C(C)(C)C)cc2-c2ccccc2)c(O)c(C([2H])(C)C)c1. The number of hydrogen-bond donors (Lipinski definition) is 1. The fourth-order valence-corrected chi connectivity index (χ4v) is 8.51. The number of aryl methyl sites for hydroxylation is 1. The van der Waals surface area contributed by atoms with Crippen LogP contribution in [0.25, 0.3) is 72.7 Å². The molecule has 1 N–H and O–H groups in total. The summed E-state index contributed by atoms with van der Waals surface area (Å²) in [6, 6.07) is 47.0. The van der Waals surface area contributed by atoms with E-state index in [9.17, 15) is 7.85 Å². The second-order valence-corrected chi connectivity index (χ2v) is 20.7. The minimum Gasteiger partial charge on any atom is -0.507 e. The number of para-hydroxylation sites is 1. The zero-order valence-electron chi connectivity index (χ0n) is 42.1. The van der Waals surface area contributed by atoms with E-state index in [-0.39, 0.29) is 22.0 Å². The van der Waals surface area contributed by atoms with Gasteiger partial charge in [-0.25, -0.2) is 4.98 Å². The van der Waals surface area contributed by atoms with E-state index < -0.39 is 11.8 Å². The van der Waals surface area contributed by atoms with Gasteiger partial charge in [0.25, 0.3) is 0 Å². The minimum absolute atomic E-state index is 0.00981. The molecule has 8 aromatic rings. The first kappa shape index (κ1) is 41.7. The van der Waals surface area contributed by atoms with Gasteiger partial charge in [0.1, 0.15) is 11.6 Å². The second-order valence-electron chi connectivity index (χ2n) is 20.7. The van der Waals surface area contributed by atoms with Crippen LogP contribution in [0.15, 0.2) is 140 Å². The third-order valence-electron chi connectivity index (χ3n) is 13.6. The number of aromatic hydroxyl groups is 1. The minimum atomic E-state index is -1.16. The van der Waals surface area contributed by atoms with Gasteiger partial charge in [-0.1, -0.05) is 174 Å². The molecule has 0 unspecified atom stereocenters. The topological polar surface area (TPSA) is 50.9 Å². The molecule has 0 fully saturated rings. The first-order valence-electron chi connectivity index (χ1n) is 23.6. The van der Waals surface area contributed by atoms with Crippen LogP contribution in [0.2, 0.25) is 0 Å². The molecule has 6 aromatic carbocycles. The van der Waals surface area contributed by atoms with Gasteiger partial charge in [-0.05, 0) is 128 Å². The smallest absolute Gasteiger partial charge is 0.149 e. The van der Waals surface area contributed by atoms with Gasteiger partial charge < -0.3 is 5.11 Å². The van der Waals surface area contributed by atoms with E-state index in [0.717, 1.165) is 61.4 Å². The van der Waals surface area contributed by atoms with Gasteiger partial charge >= 0.3 is 0 Å². The van der Waals surface area contributed by atoms with Crippen molar-refractivity contribution in [2.45, 2.75) is 113 Å². The molecule has 0 spiro atoms. The van der Waals surface area contributed by atoms with Crippen LogP contribution in [0.4, 0.5) is 0 Å². The van der Waals surface area contributed by atoms with Crippen LogP contribution in [0.5, 0.6) is 5.75 Å². The van der Waals surface area contributed by atoms with Gasteiger partial charge in [-0.3, -0.25) is 9.55 Å². The van der Waals surface area contributed by atoms with Gasteiger partial charge in [-0.15, -0.1) is 0 Å². The molecule has 0 aliphatic rings. The number of nitrogens with zero attached hydrogens (tertiary/aromatic N) is 3. The summed E-state index contributed by atoms with van der Waals surface area (Å²) in [6.45, 7) is 27.6. The molecular formula is C60H65N3O. The average molecular weight is 846 g/mol. The van der Waals surface area contributed by atoms with E-state index >= 15 is 0 Å². The van der Waals surface area contributed by atoms with E-state index in [1.807, 2.05) is 38.2 Å². The molecule has 326 valence electrons. The van der Waals surface area contributed by atoms with Crippen LogP contribution in [0, 0.1) is 12.3 Å². The molecule has 64 heavy (non-hydrogen) atoms. The van der Waals surface area contributed by atoms with Crippen LogP contribution < -0.4 is 0 Å². The summed E-state index contributed by atoms with van der Waals surface area (Å²) in [4.78, 5) is 10.5. The molecule has 0 saturated heterocycles. The number of imidazole rings is 1.